The van der Waals surface area contributed by atoms with Gasteiger partial charge in [-0.2, -0.15) is 4.98 Å². The molecule has 7 nitrogen and oxygen atoms in total. The number of rotatable bonds is 4. The van der Waals surface area contributed by atoms with Gasteiger partial charge in [-0.25, -0.2) is 9.78 Å². The number of thioether (sulfide) groups is 1. The van der Waals surface area contributed by atoms with Crippen LogP contribution in [-0.2, 0) is 16.0 Å². The van der Waals surface area contributed by atoms with Crippen molar-refractivity contribution in [3.63, 3.8) is 0 Å². The molecular weight excluding hydrogens is 328 g/mol. The molecule has 0 aromatic carbocycles. The zero-order valence-corrected chi connectivity index (χ0v) is 14.8. The van der Waals surface area contributed by atoms with Gasteiger partial charge in [0.25, 0.3) is 0 Å². The third kappa shape index (κ3) is 2.39. The van der Waals surface area contributed by atoms with Gasteiger partial charge in [0.05, 0.1) is 19.1 Å². The smallest absolute Gasteiger partial charge is 0.347 e. The summed E-state index contributed by atoms with van der Waals surface area (Å²) < 4.78 is 13.6. The highest BCUT2D eigenvalue weighted by molar-refractivity contribution is 7.98. The highest BCUT2D eigenvalue weighted by atomic mass is 32.2. The van der Waals surface area contributed by atoms with Gasteiger partial charge < -0.3 is 14.5 Å². The first-order valence-electron chi connectivity index (χ1n) is 8.51. The zero-order valence-electron chi connectivity index (χ0n) is 14.0. The number of hydrogen-bond acceptors (Lipinski definition) is 6. The molecule has 8 heteroatoms. The number of nitrogens with zero attached hydrogens (tertiary/aromatic N) is 3. The summed E-state index contributed by atoms with van der Waals surface area (Å²) >= 11 is 1.46. The number of aromatic amines is 1. The topological polar surface area (TPSA) is 82.0 Å². The fraction of sp³-hybridized carbons (Fsp3) is 0.688. The Morgan fingerprint density at radius 2 is 2.17 bits per heavy atom. The number of ether oxygens (including phenoxy) is 2. The van der Waals surface area contributed by atoms with Crippen LogP contribution in [0.5, 0.6) is 0 Å². The molecule has 1 atom stereocenters. The molecule has 1 aliphatic heterocycles. The first-order chi connectivity index (χ1) is 11.7. The van der Waals surface area contributed by atoms with E-state index in [4.69, 9.17) is 14.5 Å². The Balaban J connectivity index is 1.85. The molecule has 1 spiro atoms. The fourth-order valence-corrected chi connectivity index (χ4v) is 4.38. The maximum Gasteiger partial charge on any atom is 0.350 e. The van der Waals surface area contributed by atoms with Crippen molar-refractivity contribution in [2.75, 3.05) is 19.5 Å². The van der Waals surface area contributed by atoms with Crippen LogP contribution in [0.4, 0.5) is 0 Å². The van der Waals surface area contributed by atoms with Crippen molar-refractivity contribution in [1.29, 1.82) is 0 Å². The second-order valence-electron chi connectivity index (χ2n) is 6.33. The fourth-order valence-electron chi connectivity index (χ4n) is 3.87. The van der Waals surface area contributed by atoms with Crippen molar-refractivity contribution in [3.05, 3.63) is 16.3 Å². The molecule has 0 radical (unpaired) electrons. The van der Waals surface area contributed by atoms with E-state index >= 15 is 0 Å². The molecule has 2 aliphatic rings. The van der Waals surface area contributed by atoms with Gasteiger partial charge in [0, 0.05) is 13.0 Å². The lowest BCUT2D eigenvalue weighted by molar-refractivity contribution is -0.163. The van der Waals surface area contributed by atoms with Crippen molar-refractivity contribution in [2.24, 2.45) is 0 Å². The Labute approximate surface area is 144 Å². The predicted octanol–water partition coefficient (Wildman–Crippen LogP) is 2.26. The van der Waals surface area contributed by atoms with Gasteiger partial charge in [0.2, 0.25) is 0 Å². The molecule has 1 saturated heterocycles. The van der Waals surface area contributed by atoms with Crippen LogP contribution in [0.25, 0.3) is 11.2 Å². The maximum absolute atomic E-state index is 12.3. The van der Waals surface area contributed by atoms with Crippen LogP contribution in [-0.4, -0.2) is 44.8 Å². The summed E-state index contributed by atoms with van der Waals surface area (Å²) in [6, 6.07) is 0. The molecule has 1 N–H and O–H groups in total. The number of hydrogen-bond donors (Lipinski definition) is 1. The van der Waals surface area contributed by atoms with E-state index in [1.807, 2.05) is 13.2 Å². The summed E-state index contributed by atoms with van der Waals surface area (Å²) in [6.45, 7) is 3.92. The molecule has 2 aromatic rings. The second-order valence-corrected chi connectivity index (χ2v) is 7.12. The zero-order chi connectivity index (χ0) is 16.7. The summed E-state index contributed by atoms with van der Waals surface area (Å²) in [4.78, 5) is 24.7. The van der Waals surface area contributed by atoms with E-state index in [0.29, 0.717) is 30.4 Å². The summed E-state index contributed by atoms with van der Waals surface area (Å²) in [5, 5.41) is 0.696. The highest BCUT2D eigenvalue weighted by Gasteiger charge is 2.50. The minimum Gasteiger partial charge on any atom is -0.347 e. The molecule has 24 heavy (non-hydrogen) atoms. The van der Waals surface area contributed by atoms with Gasteiger partial charge in [-0.3, -0.25) is 4.57 Å². The van der Waals surface area contributed by atoms with Crippen molar-refractivity contribution in [1.82, 2.24) is 19.5 Å². The number of aryl methyl sites for hydroxylation is 1. The molecule has 1 unspecified atom stereocenters. The van der Waals surface area contributed by atoms with E-state index in [2.05, 4.69) is 9.97 Å². The molecule has 1 saturated carbocycles. The van der Waals surface area contributed by atoms with Gasteiger partial charge in [-0.15, -0.1) is 11.8 Å². The number of H-pyrrole nitrogens is 1. The maximum atomic E-state index is 12.3. The van der Waals surface area contributed by atoms with E-state index in [-0.39, 0.29) is 11.6 Å². The minimum absolute atomic E-state index is 0.0762. The van der Waals surface area contributed by atoms with E-state index in [9.17, 15) is 4.79 Å². The largest absolute Gasteiger partial charge is 0.350 e. The van der Waals surface area contributed by atoms with Crippen molar-refractivity contribution >= 4 is 22.9 Å². The van der Waals surface area contributed by atoms with Crippen LogP contribution in [0.15, 0.2) is 9.82 Å². The minimum atomic E-state index is -0.545. The Hall–Kier alpha value is -1.38. The standard InChI is InChI=1S/C16H22N4O3S/c1-3-7-20-13-11(14(24-2)19-15(20)21)17-12(18-13)10-5-4-6-16(10)22-8-9-23-16/h10H,3-9H2,1-2H3,(H,17,18). The molecule has 3 heterocycles. The molecule has 0 bridgehead atoms. The van der Waals surface area contributed by atoms with E-state index in [1.165, 1.54) is 11.8 Å². The first kappa shape index (κ1) is 16.1. The van der Waals surface area contributed by atoms with Crippen LogP contribution in [0.1, 0.15) is 44.3 Å². The van der Waals surface area contributed by atoms with Gasteiger partial charge >= 0.3 is 5.69 Å². The Morgan fingerprint density at radius 3 is 2.88 bits per heavy atom. The SMILES string of the molecule is CCCn1c(=O)nc(SC)c2[nH]c(C3CCCC34OCCO4)nc21. The second kappa shape index (κ2) is 6.16. The third-order valence-electron chi connectivity index (χ3n) is 4.90. The number of imidazole rings is 1. The summed E-state index contributed by atoms with van der Waals surface area (Å²) in [6.07, 6.45) is 5.70. The van der Waals surface area contributed by atoms with Gasteiger partial charge in [0.15, 0.2) is 11.4 Å². The average molecular weight is 350 g/mol. The lowest BCUT2D eigenvalue weighted by Gasteiger charge is -2.27. The van der Waals surface area contributed by atoms with Crippen molar-refractivity contribution in [2.45, 2.75) is 55.9 Å². The highest BCUT2D eigenvalue weighted by Crippen LogP contribution is 2.47. The summed E-state index contributed by atoms with van der Waals surface area (Å²) in [5.74, 6) is 0.376. The van der Waals surface area contributed by atoms with Crippen molar-refractivity contribution < 1.29 is 9.47 Å². The molecule has 130 valence electrons. The summed E-state index contributed by atoms with van der Waals surface area (Å²) in [5.41, 5.74) is 1.29. The van der Waals surface area contributed by atoms with E-state index in [0.717, 1.165) is 37.0 Å². The average Bonchev–Trinajstić information content (AvgIpc) is 3.30. The molecule has 0 amide bonds. The van der Waals surface area contributed by atoms with Crippen LogP contribution in [0.3, 0.4) is 0 Å². The lowest BCUT2D eigenvalue weighted by Crippen LogP contribution is -2.33. The van der Waals surface area contributed by atoms with Crippen LogP contribution in [0.2, 0.25) is 0 Å². The Bertz CT molecular complexity index is 804. The molecular formula is C16H22N4O3S. The van der Waals surface area contributed by atoms with E-state index in [1.54, 1.807) is 4.57 Å². The molecule has 1 aliphatic carbocycles. The lowest BCUT2D eigenvalue weighted by atomic mass is 10.0. The van der Waals surface area contributed by atoms with Crippen LogP contribution in [0, 0.1) is 0 Å². The molecule has 2 aromatic heterocycles. The van der Waals surface area contributed by atoms with Gasteiger partial charge in [-0.1, -0.05) is 6.92 Å². The number of nitrogens with one attached hydrogen (secondary N) is 1. The summed E-state index contributed by atoms with van der Waals surface area (Å²) in [7, 11) is 0. The Kier molecular flexibility index (Phi) is 4.14. The van der Waals surface area contributed by atoms with Crippen molar-refractivity contribution in [3.8, 4) is 0 Å². The normalized spacial score (nSPS) is 22.8. The first-order valence-corrected chi connectivity index (χ1v) is 9.73. The molecule has 2 fully saturated rings. The predicted molar refractivity (Wildman–Crippen MR) is 91.4 cm³/mol. The quantitative estimate of drug-likeness (QED) is 0.673. The Morgan fingerprint density at radius 1 is 1.38 bits per heavy atom. The van der Waals surface area contributed by atoms with Gasteiger partial charge in [-0.05, 0) is 25.5 Å². The number of aromatic nitrogens is 4. The molecule has 4 rings (SSSR count). The number of fused-ring (bicyclic) bond motifs is 1. The van der Waals surface area contributed by atoms with Crippen LogP contribution >= 0.6 is 11.8 Å². The monoisotopic (exact) mass is 350 g/mol. The van der Waals surface area contributed by atoms with Gasteiger partial charge in [0.1, 0.15) is 16.4 Å². The van der Waals surface area contributed by atoms with Crippen LogP contribution < -0.4 is 5.69 Å². The van der Waals surface area contributed by atoms with E-state index < -0.39 is 5.79 Å². The third-order valence-corrected chi connectivity index (χ3v) is 5.58.